The normalized spacial score (nSPS) is 10.6. The Balaban J connectivity index is 2.48. The summed E-state index contributed by atoms with van der Waals surface area (Å²) in [5.74, 6) is -0.384. The first kappa shape index (κ1) is 10.6. The number of aromatic nitrogens is 3. The molecule has 2 rings (SSSR count). The van der Waals surface area contributed by atoms with E-state index in [1.165, 1.54) is 22.9 Å². The molecule has 0 bridgehead atoms. The predicted octanol–water partition coefficient (Wildman–Crippen LogP) is 2.95. The lowest BCUT2D eigenvalue weighted by molar-refractivity contribution is 0.607. The van der Waals surface area contributed by atoms with E-state index in [-0.39, 0.29) is 5.82 Å². The van der Waals surface area contributed by atoms with Crippen molar-refractivity contribution < 1.29 is 4.39 Å². The van der Waals surface area contributed by atoms with Crippen molar-refractivity contribution in [2.75, 3.05) is 0 Å². The number of hydrogen-bond donors (Lipinski definition) is 0. The van der Waals surface area contributed by atoms with Gasteiger partial charge in [-0.1, -0.05) is 32.7 Å². The summed E-state index contributed by atoms with van der Waals surface area (Å²) in [5, 5.41) is 8.67. The molecule has 0 spiro atoms. The van der Waals surface area contributed by atoms with E-state index >= 15 is 0 Å². The lowest BCUT2D eigenvalue weighted by Crippen LogP contribution is -1.98. The minimum atomic E-state index is -0.384. The Kier molecular flexibility index (Phi) is 3.02. The molecule has 0 amide bonds. The second kappa shape index (κ2) is 4.28. The van der Waals surface area contributed by atoms with Crippen molar-refractivity contribution in [3.05, 3.63) is 40.9 Å². The lowest BCUT2D eigenvalue weighted by Gasteiger charge is -2.01. The van der Waals surface area contributed by atoms with Crippen molar-refractivity contribution in [1.82, 2.24) is 15.0 Å². The first-order valence-corrected chi connectivity index (χ1v) is 5.63. The number of nitrogens with zero attached hydrogens (tertiary/aromatic N) is 3. The molecule has 0 radical (unpaired) electrons. The van der Waals surface area contributed by atoms with Crippen molar-refractivity contribution >= 4 is 27.5 Å². The second-order valence-electron chi connectivity index (χ2n) is 2.88. The number of halogens is 3. The summed E-state index contributed by atoms with van der Waals surface area (Å²) in [4.78, 5) is 0. The molecule has 1 aromatic heterocycles. The van der Waals surface area contributed by atoms with Crippen LogP contribution in [0.1, 0.15) is 5.69 Å². The Morgan fingerprint density at radius 1 is 1.47 bits per heavy atom. The van der Waals surface area contributed by atoms with E-state index in [1.54, 1.807) is 6.20 Å². The summed E-state index contributed by atoms with van der Waals surface area (Å²) >= 11 is 9.01. The second-order valence-corrected chi connectivity index (χ2v) is 3.88. The Hall–Kier alpha value is -0.940. The molecule has 1 aromatic carbocycles. The summed E-state index contributed by atoms with van der Waals surface area (Å²) < 4.78 is 14.8. The first-order chi connectivity index (χ1) is 7.20. The number of benzene rings is 1. The molecule has 0 saturated carbocycles. The standard InChI is InChI=1S/C9H6BrClFN3/c10-4-7-5-15(14-13-7)9-3-6(11)1-2-8(9)12/h1-3,5H,4H2. The van der Waals surface area contributed by atoms with Crippen LogP contribution in [0.5, 0.6) is 0 Å². The maximum absolute atomic E-state index is 13.4. The van der Waals surface area contributed by atoms with Gasteiger partial charge in [0.25, 0.3) is 0 Å². The van der Waals surface area contributed by atoms with E-state index in [4.69, 9.17) is 11.6 Å². The zero-order valence-corrected chi connectivity index (χ0v) is 9.83. The highest BCUT2D eigenvalue weighted by Gasteiger charge is 2.07. The lowest BCUT2D eigenvalue weighted by atomic mass is 10.3. The molecule has 0 unspecified atom stereocenters. The molecular weight excluding hydrogens is 284 g/mol. The van der Waals surface area contributed by atoms with Crippen LogP contribution < -0.4 is 0 Å². The van der Waals surface area contributed by atoms with E-state index < -0.39 is 0 Å². The highest BCUT2D eigenvalue weighted by molar-refractivity contribution is 9.08. The topological polar surface area (TPSA) is 30.7 Å². The molecule has 78 valence electrons. The number of hydrogen-bond acceptors (Lipinski definition) is 2. The monoisotopic (exact) mass is 289 g/mol. The molecule has 1 heterocycles. The fourth-order valence-corrected chi connectivity index (χ4v) is 1.56. The highest BCUT2D eigenvalue weighted by Crippen LogP contribution is 2.18. The summed E-state index contributed by atoms with van der Waals surface area (Å²) in [7, 11) is 0. The minimum absolute atomic E-state index is 0.294. The molecule has 15 heavy (non-hydrogen) atoms. The Bertz CT molecular complexity index is 486. The average Bonchev–Trinajstić information content (AvgIpc) is 2.70. The van der Waals surface area contributed by atoms with Gasteiger partial charge in [-0.05, 0) is 18.2 Å². The molecule has 0 fully saturated rings. The van der Waals surface area contributed by atoms with E-state index in [1.807, 2.05) is 0 Å². The van der Waals surface area contributed by atoms with Gasteiger partial charge < -0.3 is 0 Å². The minimum Gasteiger partial charge on any atom is -0.217 e. The van der Waals surface area contributed by atoms with Crippen molar-refractivity contribution in [2.45, 2.75) is 5.33 Å². The zero-order chi connectivity index (χ0) is 10.8. The van der Waals surface area contributed by atoms with Crippen LogP contribution in [0.4, 0.5) is 4.39 Å². The van der Waals surface area contributed by atoms with Crippen LogP contribution in [0.3, 0.4) is 0 Å². The van der Waals surface area contributed by atoms with Gasteiger partial charge in [0.15, 0.2) is 0 Å². The van der Waals surface area contributed by atoms with Gasteiger partial charge >= 0.3 is 0 Å². The smallest absolute Gasteiger partial charge is 0.149 e. The van der Waals surface area contributed by atoms with Gasteiger partial charge in [-0.2, -0.15) is 0 Å². The van der Waals surface area contributed by atoms with Crippen molar-refractivity contribution in [1.29, 1.82) is 0 Å². The largest absolute Gasteiger partial charge is 0.217 e. The van der Waals surface area contributed by atoms with Crippen LogP contribution in [0.15, 0.2) is 24.4 Å². The van der Waals surface area contributed by atoms with Gasteiger partial charge in [-0.25, -0.2) is 9.07 Å². The summed E-state index contributed by atoms with van der Waals surface area (Å²) in [6.07, 6.45) is 1.64. The van der Waals surface area contributed by atoms with Crippen LogP contribution in [-0.4, -0.2) is 15.0 Å². The maximum atomic E-state index is 13.4. The van der Waals surface area contributed by atoms with Crippen LogP contribution >= 0.6 is 27.5 Å². The quantitative estimate of drug-likeness (QED) is 0.796. The predicted molar refractivity (Wildman–Crippen MR) is 59.0 cm³/mol. The summed E-state index contributed by atoms with van der Waals surface area (Å²) in [6, 6.07) is 4.29. The molecule has 0 aliphatic carbocycles. The van der Waals surface area contributed by atoms with Crippen LogP contribution in [0, 0.1) is 5.82 Å². The van der Waals surface area contributed by atoms with Crippen LogP contribution in [0.2, 0.25) is 5.02 Å². The highest BCUT2D eigenvalue weighted by atomic mass is 79.9. The average molecular weight is 291 g/mol. The fraction of sp³-hybridized carbons (Fsp3) is 0.111. The maximum Gasteiger partial charge on any atom is 0.149 e. The fourth-order valence-electron chi connectivity index (χ4n) is 1.14. The molecule has 0 aliphatic heterocycles. The summed E-state index contributed by atoms with van der Waals surface area (Å²) in [6.45, 7) is 0. The Morgan fingerprint density at radius 3 is 2.93 bits per heavy atom. The molecule has 0 N–H and O–H groups in total. The molecule has 3 nitrogen and oxygen atoms in total. The molecule has 2 aromatic rings. The van der Waals surface area contributed by atoms with Crippen molar-refractivity contribution in [3.8, 4) is 5.69 Å². The molecule has 6 heteroatoms. The van der Waals surface area contributed by atoms with Crippen molar-refractivity contribution in [3.63, 3.8) is 0 Å². The number of rotatable bonds is 2. The van der Waals surface area contributed by atoms with Gasteiger partial charge in [-0.15, -0.1) is 5.10 Å². The van der Waals surface area contributed by atoms with E-state index in [0.29, 0.717) is 16.0 Å². The third kappa shape index (κ3) is 2.18. The zero-order valence-electron chi connectivity index (χ0n) is 7.49. The third-order valence-corrected chi connectivity index (χ3v) is 2.64. The van der Waals surface area contributed by atoms with Gasteiger partial charge in [-0.3, -0.25) is 0 Å². The number of alkyl halides is 1. The van der Waals surface area contributed by atoms with Crippen LogP contribution in [0.25, 0.3) is 5.69 Å². The molecule has 0 atom stereocenters. The third-order valence-electron chi connectivity index (χ3n) is 1.83. The van der Waals surface area contributed by atoms with E-state index in [0.717, 1.165) is 5.69 Å². The molecule has 0 saturated heterocycles. The molecule has 0 aliphatic rings. The summed E-state index contributed by atoms with van der Waals surface area (Å²) in [5.41, 5.74) is 1.02. The van der Waals surface area contributed by atoms with Gasteiger partial charge in [0, 0.05) is 10.4 Å². The first-order valence-electron chi connectivity index (χ1n) is 4.13. The van der Waals surface area contributed by atoms with Gasteiger partial charge in [0.1, 0.15) is 11.5 Å². The van der Waals surface area contributed by atoms with Crippen molar-refractivity contribution in [2.24, 2.45) is 0 Å². The molecular formula is C9H6BrClFN3. The van der Waals surface area contributed by atoms with E-state index in [2.05, 4.69) is 26.2 Å². The Morgan fingerprint density at radius 2 is 2.27 bits per heavy atom. The van der Waals surface area contributed by atoms with Gasteiger partial charge in [0.05, 0.1) is 11.9 Å². The van der Waals surface area contributed by atoms with E-state index in [9.17, 15) is 4.39 Å². The van der Waals surface area contributed by atoms with Gasteiger partial charge in [0.2, 0.25) is 0 Å². The van der Waals surface area contributed by atoms with Crippen LogP contribution in [-0.2, 0) is 5.33 Å². The SMILES string of the molecule is Fc1ccc(Cl)cc1-n1cc(CBr)nn1. The Labute approximate surface area is 99.0 Å².